The minimum Gasteiger partial charge on any atom is -0.462 e. The summed E-state index contributed by atoms with van der Waals surface area (Å²) in [5.74, 6) is -1.20. The summed E-state index contributed by atoms with van der Waals surface area (Å²) in [6.45, 7) is 10.9. The summed E-state index contributed by atoms with van der Waals surface area (Å²) < 4.78 is 56.6. The zero-order valence-corrected chi connectivity index (χ0v) is 38.0. The first-order chi connectivity index (χ1) is 28.3. The van der Waals surface area contributed by atoms with Crippen LogP contribution in [0.2, 0.25) is 0 Å². The maximum atomic E-state index is 13.3. The maximum absolute atomic E-state index is 13.3. The average Bonchev–Trinajstić information content (AvgIpc) is 3.16. The summed E-state index contributed by atoms with van der Waals surface area (Å²) in [5.41, 5.74) is -1.46. The number of ether oxygens (including phenoxy) is 9. The minimum absolute atomic E-state index is 0.000641. The molecule has 3 N–H and O–H groups in total. The van der Waals surface area contributed by atoms with Crippen LogP contribution in [-0.4, -0.2) is 183 Å². The number of carbonyl (C=O) groups is 2. The van der Waals surface area contributed by atoms with Gasteiger partial charge in [0, 0.05) is 39.5 Å². The lowest BCUT2D eigenvalue weighted by Gasteiger charge is -2.50. The van der Waals surface area contributed by atoms with Gasteiger partial charge in [-0.15, -0.1) is 0 Å². The normalized spacial score (nSPS) is 45.2. The Bertz CT molecular complexity index is 1380. The first-order valence-corrected chi connectivity index (χ1v) is 21.7. The Morgan fingerprint density at radius 2 is 1.55 bits per heavy atom. The molecule has 346 valence electrons. The molecule has 0 spiro atoms. The van der Waals surface area contributed by atoms with Gasteiger partial charge in [-0.05, 0) is 93.9 Å². The van der Waals surface area contributed by atoms with E-state index in [4.69, 9.17) is 42.6 Å². The second-order valence-electron chi connectivity index (χ2n) is 18.0. The van der Waals surface area contributed by atoms with Crippen LogP contribution in [0.1, 0.15) is 86.5 Å². The number of esters is 1. The third-order valence-electron chi connectivity index (χ3n) is 12.7. The molecule has 3 fully saturated rings. The number of hydrogen-bond acceptors (Lipinski definition) is 16. The highest BCUT2D eigenvalue weighted by atomic mass is 16.7. The van der Waals surface area contributed by atoms with Gasteiger partial charge in [0.1, 0.15) is 36.8 Å². The molecule has 19 atom stereocenters. The smallest absolute Gasteiger partial charge is 0.308 e. The molecule has 4 aliphatic heterocycles. The standard InChI is InChI=1S/C44H76N2O14/c1-25-22-30(20-21-47)40(60-43-38(49)37(46(9)10)39(28(4)57-43)59-36-24-44(6,51)42(50)29(5)56-36)41(53-12)33(52-11)23-34(48)54-26(2)16-14-13-15-17-32(25)58-35-19-18-31(45(7)8)27(3)55-35/h13-15,17,21,25-33,35-43,49-51H,16,18-20,22-24H2,1-12H3/b14-13+,17-15+/t25-,26-,27-,28-,29+,30+,31+,32+,33-,35+,36+,37-,38-,39-,40+,41+,42+,43+,44-/m1/s1. The molecule has 0 bridgehead atoms. The molecule has 0 aromatic rings. The van der Waals surface area contributed by atoms with Crippen molar-refractivity contribution in [2.24, 2.45) is 11.8 Å². The van der Waals surface area contributed by atoms with Crippen LogP contribution < -0.4 is 0 Å². The van der Waals surface area contributed by atoms with Gasteiger partial charge in [-0.3, -0.25) is 4.79 Å². The Kier molecular flexibility index (Phi) is 19.6. The Hall–Kier alpha value is -1.90. The Balaban J connectivity index is 1.69. The number of aliphatic hydroxyl groups excluding tert-OH is 2. The Morgan fingerprint density at radius 1 is 0.850 bits per heavy atom. The van der Waals surface area contributed by atoms with E-state index in [-0.39, 0.29) is 37.3 Å². The Labute approximate surface area is 357 Å². The van der Waals surface area contributed by atoms with Gasteiger partial charge in [-0.25, -0.2) is 0 Å². The van der Waals surface area contributed by atoms with Crippen molar-refractivity contribution >= 4 is 12.3 Å². The van der Waals surface area contributed by atoms with E-state index in [1.165, 1.54) is 21.1 Å². The number of carbonyl (C=O) groups excluding carboxylic acids is 2. The fraction of sp³-hybridized carbons (Fsp3) is 0.864. The third kappa shape index (κ3) is 13.3. The molecule has 4 rings (SSSR count). The average molecular weight is 857 g/mol. The molecule has 0 unspecified atom stereocenters. The van der Waals surface area contributed by atoms with Crippen molar-refractivity contribution in [3.05, 3.63) is 24.3 Å². The van der Waals surface area contributed by atoms with E-state index in [9.17, 15) is 24.9 Å². The van der Waals surface area contributed by atoms with Crippen molar-refractivity contribution in [3.8, 4) is 0 Å². The van der Waals surface area contributed by atoms with Crippen LogP contribution in [0.5, 0.6) is 0 Å². The van der Waals surface area contributed by atoms with E-state index in [1.54, 1.807) is 27.9 Å². The molecule has 0 amide bonds. The Morgan fingerprint density at radius 3 is 2.15 bits per heavy atom. The van der Waals surface area contributed by atoms with Crippen LogP contribution in [-0.2, 0) is 52.2 Å². The molecule has 4 heterocycles. The number of rotatable bonds is 12. The fourth-order valence-corrected chi connectivity index (χ4v) is 9.30. The number of aliphatic hydroxyl groups is 3. The van der Waals surface area contributed by atoms with E-state index in [0.717, 1.165) is 12.7 Å². The van der Waals surface area contributed by atoms with Crippen LogP contribution >= 0.6 is 0 Å². The van der Waals surface area contributed by atoms with E-state index in [1.807, 2.05) is 36.1 Å². The lowest BCUT2D eigenvalue weighted by atomic mass is 9.82. The largest absolute Gasteiger partial charge is 0.462 e. The number of nitrogens with zero attached hydrogens (tertiary/aromatic N) is 2. The molecule has 0 saturated carbocycles. The van der Waals surface area contributed by atoms with E-state index in [2.05, 4.69) is 32.8 Å². The van der Waals surface area contributed by atoms with Gasteiger partial charge < -0.3 is 72.5 Å². The van der Waals surface area contributed by atoms with E-state index >= 15 is 0 Å². The lowest BCUT2D eigenvalue weighted by Crippen LogP contribution is -2.65. The molecule has 0 aliphatic carbocycles. The quantitative estimate of drug-likeness (QED) is 0.192. The zero-order chi connectivity index (χ0) is 44.5. The second kappa shape index (κ2) is 23.2. The molecule has 0 radical (unpaired) electrons. The first-order valence-electron chi connectivity index (χ1n) is 21.7. The summed E-state index contributed by atoms with van der Waals surface area (Å²) >= 11 is 0. The van der Waals surface area contributed by atoms with E-state index < -0.39 is 103 Å². The van der Waals surface area contributed by atoms with Crippen molar-refractivity contribution in [1.82, 2.24) is 9.80 Å². The number of aldehydes is 1. The zero-order valence-electron chi connectivity index (χ0n) is 38.0. The van der Waals surface area contributed by atoms with Crippen molar-refractivity contribution < 1.29 is 67.5 Å². The number of methoxy groups -OCH3 is 2. The van der Waals surface area contributed by atoms with Crippen molar-refractivity contribution in [2.45, 2.75) is 190 Å². The first kappa shape index (κ1) is 50.7. The molecular weight excluding hydrogens is 780 g/mol. The third-order valence-corrected chi connectivity index (χ3v) is 12.7. The van der Waals surface area contributed by atoms with Gasteiger partial charge in [-0.2, -0.15) is 0 Å². The highest BCUT2D eigenvalue weighted by Crippen LogP contribution is 2.37. The lowest BCUT2D eigenvalue weighted by molar-refractivity contribution is -0.344. The van der Waals surface area contributed by atoms with Gasteiger partial charge in [0.05, 0.1) is 54.7 Å². The number of hydrogen-bond donors (Lipinski definition) is 3. The predicted octanol–water partition coefficient (Wildman–Crippen LogP) is 2.98. The van der Waals surface area contributed by atoms with Crippen molar-refractivity contribution in [3.63, 3.8) is 0 Å². The van der Waals surface area contributed by atoms with Gasteiger partial charge in [-0.1, -0.05) is 31.2 Å². The summed E-state index contributed by atoms with van der Waals surface area (Å²) in [6, 6.07) is -0.423. The number of allylic oxidation sites excluding steroid dienone is 2. The summed E-state index contributed by atoms with van der Waals surface area (Å²) in [6.07, 6.45) is 0.293. The molecule has 0 aromatic carbocycles. The fourth-order valence-electron chi connectivity index (χ4n) is 9.30. The second-order valence-corrected chi connectivity index (χ2v) is 18.0. The van der Waals surface area contributed by atoms with Crippen LogP contribution in [0.4, 0.5) is 0 Å². The number of cyclic esters (lactones) is 1. The van der Waals surface area contributed by atoms with Gasteiger partial charge in [0.2, 0.25) is 0 Å². The van der Waals surface area contributed by atoms with E-state index in [0.29, 0.717) is 19.3 Å². The molecule has 3 saturated heterocycles. The monoisotopic (exact) mass is 857 g/mol. The van der Waals surface area contributed by atoms with Crippen LogP contribution in [0.3, 0.4) is 0 Å². The van der Waals surface area contributed by atoms with Gasteiger partial charge in [0.15, 0.2) is 18.9 Å². The molecule has 4 aliphatic rings. The summed E-state index contributed by atoms with van der Waals surface area (Å²) in [5, 5.41) is 33.6. The summed E-state index contributed by atoms with van der Waals surface area (Å²) in [7, 11) is 10.7. The van der Waals surface area contributed by atoms with Gasteiger partial charge >= 0.3 is 5.97 Å². The summed E-state index contributed by atoms with van der Waals surface area (Å²) in [4.78, 5) is 29.9. The van der Waals surface area contributed by atoms with Crippen molar-refractivity contribution in [2.75, 3.05) is 42.4 Å². The highest BCUT2D eigenvalue weighted by Gasteiger charge is 2.52. The highest BCUT2D eigenvalue weighted by molar-refractivity contribution is 5.70. The SMILES string of the molecule is CO[C@@H]1[C@@H](O[C@@H]2O[C@H](C)[C@@H](O[C@H]3C[C@@](C)(O)[C@@H](O)[C@H](C)O3)[C@H](N(C)C)[C@H]2O)[C@@H](CC=O)C[C@@H](C)[C@@H](O[C@H]2CC[C@H](N(C)C)[C@@H](C)O2)/C=C/C=C/C[C@@H](C)OC(=O)C[C@H]1OC. The predicted molar refractivity (Wildman–Crippen MR) is 222 cm³/mol. The molecule has 16 nitrogen and oxygen atoms in total. The maximum Gasteiger partial charge on any atom is 0.308 e. The minimum atomic E-state index is -1.46. The van der Waals surface area contributed by atoms with Crippen LogP contribution in [0, 0.1) is 11.8 Å². The van der Waals surface area contributed by atoms with Crippen LogP contribution in [0.25, 0.3) is 0 Å². The molecular formula is C44H76N2O14. The van der Waals surface area contributed by atoms with Crippen LogP contribution in [0.15, 0.2) is 24.3 Å². The molecule has 60 heavy (non-hydrogen) atoms. The topological polar surface area (TPSA) is 184 Å². The number of likely N-dealkylation sites (N-methyl/N-ethyl adjacent to an activating group) is 2. The molecule has 0 aromatic heterocycles. The molecule has 16 heteroatoms. The van der Waals surface area contributed by atoms with Gasteiger partial charge in [0.25, 0.3) is 0 Å². The van der Waals surface area contributed by atoms with Crippen molar-refractivity contribution in [1.29, 1.82) is 0 Å².